The number of piperidine rings is 2. The molecule has 0 bridgehead atoms. The van der Waals surface area contributed by atoms with Crippen molar-refractivity contribution in [1.29, 1.82) is 0 Å². The van der Waals surface area contributed by atoms with Crippen LogP contribution in [0.5, 0.6) is 0 Å². The minimum Gasteiger partial charge on any atom is -0.361 e. The van der Waals surface area contributed by atoms with Gasteiger partial charge < -0.3 is 14.3 Å². The third kappa shape index (κ3) is 4.86. The molecular formula is C20H34N4O2. The Balaban J connectivity index is 1.57. The lowest BCUT2D eigenvalue weighted by Crippen LogP contribution is -2.51. The summed E-state index contributed by atoms with van der Waals surface area (Å²) in [5.41, 5.74) is 2.19. The Morgan fingerprint density at radius 3 is 2.54 bits per heavy atom. The summed E-state index contributed by atoms with van der Waals surface area (Å²) in [4.78, 5) is 19.4. The van der Waals surface area contributed by atoms with Gasteiger partial charge in [0.2, 0.25) is 5.91 Å². The van der Waals surface area contributed by atoms with Crippen molar-refractivity contribution in [2.45, 2.75) is 65.5 Å². The number of rotatable bonds is 6. The van der Waals surface area contributed by atoms with Crippen molar-refractivity contribution in [2.24, 2.45) is 0 Å². The Kier molecular flexibility index (Phi) is 6.70. The number of amides is 1. The number of hydrogen-bond donors (Lipinski definition) is 0. The van der Waals surface area contributed by atoms with Crippen LogP contribution in [-0.4, -0.2) is 71.1 Å². The molecule has 6 nitrogen and oxygen atoms in total. The van der Waals surface area contributed by atoms with E-state index < -0.39 is 0 Å². The van der Waals surface area contributed by atoms with E-state index in [1.807, 2.05) is 13.8 Å². The second-order valence-electron chi connectivity index (χ2n) is 7.95. The van der Waals surface area contributed by atoms with Crippen molar-refractivity contribution in [3.8, 4) is 0 Å². The molecule has 2 aliphatic heterocycles. The topological polar surface area (TPSA) is 52.8 Å². The summed E-state index contributed by atoms with van der Waals surface area (Å²) < 4.78 is 5.31. The van der Waals surface area contributed by atoms with Crippen LogP contribution in [0.3, 0.4) is 0 Å². The van der Waals surface area contributed by atoms with E-state index >= 15 is 0 Å². The van der Waals surface area contributed by atoms with Gasteiger partial charge >= 0.3 is 0 Å². The van der Waals surface area contributed by atoms with Crippen molar-refractivity contribution in [3.63, 3.8) is 0 Å². The zero-order valence-corrected chi connectivity index (χ0v) is 16.7. The number of likely N-dealkylation sites (tertiary alicyclic amines) is 2. The summed E-state index contributed by atoms with van der Waals surface area (Å²) in [5, 5.41) is 4.07. The lowest BCUT2D eigenvalue weighted by Gasteiger charge is -2.40. The van der Waals surface area contributed by atoms with E-state index in [-0.39, 0.29) is 5.91 Å². The van der Waals surface area contributed by atoms with Gasteiger partial charge in [0, 0.05) is 44.7 Å². The molecule has 6 heteroatoms. The van der Waals surface area contributed by atoms with Crippen molar-refractivity contribution in [3.05, 3.63) is 17.0 Å². The highest BCUT2D eigenvalue weighted by atomic mass is 16.5. The smallest absolute Gasteiger partial charge is 0.219 e. The maximum absolute atomic E-state index is 12.3. The second kappa shape index (κ2) is 9.00. The molecule has 0 N–H and O–H groups in total. The van der Waals surface area contributed by atoms with Crippen molar-refractivity contribution < 1.29 is 9.32 Å². The van der Waals surface area contributed by atoms with Gasteiger partial charge in [-0.1, -0.05) is 11.6 Å². The fourth-order valence-corrected chi connectivity index (χ4v) is 4.41. The van der Waals surface area contributed by atoms with Gasteiger partial charge in [0.05, 0.1) is 5.69 Å². The minimum absolute atomic E-state index is 0.214. The maximum atomic E-state index is 12.3. The summed E-state index contributed by atoms with van der Waals surface area (Å²) >= 11 is 0. The normalized spacial score (nSPS) is 22.5. The van der Waals surface area contributed by atoms with Crippen LogP contribution in [0.4, 0.5) is 0 Å². The standard InChI is InChI=1S/C20H34N4O2/c1-16-20(17(2)26-21-16)15-23-11-7-8-19(14-23)24(18(3)25)13-12-22-9-5-4-6-10-22/h19H,4-15H2,1-3H3. The Morgan fingerprint density at radius 1 is 1.15 bits per heavy atom. The average molecular weight is 363 g/mol. The predicted molar refractivity (Wildman–Crippen MR) is 102 cm³/mol. The third-order valence-electron chi connectivity index (χ3n) is 5.99. The number of aryl methyl sites for hydroxylation is 2. The molecule has 0 radical (unpaired) electrons. The van der Waals surface area contributed by atoms with E-state index in [4.69, 9.17) is 4.52 Å². The molecule has 1 unspecified atom stereocenters. The molecule has 1 atom stereocenters. The Hall–Kier alpha value is -1.40. The number of carbonyl (C=O) groups is 1. The van der Waals surface area contributed by atoms with Crippen molar-refractivity contribution >= 4 is 5.91 Å². The summed E-state index contributed by atoms with van der Waals surface area (Å²) in [6, 6.07) is 0.325. The zero-order valence-electron chi connectivity index (χ0n) is 16.7. The largest absolute Gasteiger partial charge is 0.361 e. The van der Waals surface area contributed by atoms with Gasteiger partial charge in [-0.2, -0.15) is 0 Å². The van der Waals surface area contributed by atoms with E-state index in [0.717, 1.165) is 57.0 Å². The fraction of sp³-hybridized carbons (Fsp3) is 0.800. The van der Waals surface area contributed by atoms with Crippen LogP contribution < -0.4 is 0 Å². The van der Waals surface area contributed by atoms with Gasteiger partial charge in [-0.25, -0.2) is 0 Å². The second-order valence-corrected chi connectivity index (χ2v) is 7.95. The fourth-order valence-electron chi connectivity index (χ4n) is 4.41. The maximum Gasteiger partial charge on any atom is 0.219 e. The first-order valence-corrected chi connectivity index (χ1v) is 10.2. The van der Waals surface area contributed by atoms with E-state index in [2.05, 4.69) is 19.9 Å². The van der Waals surface area contributed by atoms with Crippen LogP contribution in [-0.2, 0) is 11.3 Å². The van der Waals surface area contributed by atoms with Gasteiger partial charge in [0.25, 0.3) is 0 Å². The number of hydrogen-bond acceptors (Lipinski definition) is 5. The molecule has 0 spiro atoms. The van der Waals surface area contributed by atoms with Crippen molar-refractivity contribution in [1.82, 2.24) is 19.9 Å². The molecule has 146 valence electrons. The minimum atomic E-state index is 0.214. The summed E-state index contributed by atoms with van der Waals surface area (Å²) in [5.74, 6) is 1.13. The van der Waals surface area contributed by atoms with Gasteiger partial charge in [-0.15, -0.1) is 0 Å². The number of nitrogens with zero attached hydrogens (tertiary/aromatic N) is 4. The summed E-state index contributed by atoms with van der Waals surface area (Å²) in [6.45, 7) is 12.9. The van der Waals surface area contributed by atoms with Crippen LogP contribution in [0.1, 0.15) is 56.0 Å². The van der Waals surface area contributed by atoms with Crippen LogP contribution in [0.25, 0.3) is 0 Å². The molecule has 2 saturated heterocycles. The van der Waals surface area contributed by atoms with Gasteiger partial charge in [-0.05, 0) is 59.2 Å². The SMILES string of the molecule is CC(=O)N(CCN1CCCCC1)C1CCCN(Cc2c(C)noc2C)C1. The predicted octanol–water partition coefficient (Wildman–Crippen LogP) is 2.59. The highest BCUT2D eigenvalue weighted by Gasteiger charge is 2.28. The monoisotopic (exact) mass is 362 g/mol. The van der Waals surface area contributed by atoms with Gasteiger partial charge in [0.15, 0.2) is 0 Å². The third-order valence-corrected chi connectivity index (χ3v) is 5.99. The van der Waals surface area contributed by atoms with Crippen LogP contribution in [0, 0.1) is 13.8 Å². The Bertz CT molecular complexity index is 575. The molecule has 1 amide bonds. The molecule has 3 rings (SSSR count). The van der Waals surface area contributed by atoms with Crippen molar-refractivity contribution in [2.75, 3.05) is 39.3 Å². The molecule has 3 heterocycles. The Labute approximate surface area is 157 Å². The molecular weight excluding hydrogens is 328 g/mol. The van der Waals surface area contributed by atoms with Gasteiger partial charge in [0.1, 0.15) is 5.76 Å². The Morgan fingerprint density at radius 2 is 1.88 bits per heavy atom. The average Bonchev–Trinajstić information content (AvgIpc) is 2.95. The quantitative estimate of drug-likeness (QED) is 0.779. The highest BCUT2D eigenvalue weighted by Crippen LogP contribution is 2.21. The van der Waals surface area contributed by atoms with E-state index in [9.17, 15) is 4.79 Å². The van der Waals surface area contributed by atoms with E-state index in [1.54, 1.807) is 6.92 Å². The van der Waals surface area contributed by atoms with Crippen LogP contribution in [0.15, 0.2) is 4.52 Å². The first kappa shape index (κ1) is 19.4. The molecule has 2 aliphatic rings. The first-order chi connectivity index (χ1) is 12.5. The summed E-state index contributed by atoms with van der Waals surface area (Å²) in [7, 11) is 0. The molecule has 0 aliphatic carbocycles. The molecule has 26 heavy (non-hydrogen) atoms. The lowest BCUT2D eigenvalue weighted by atomic mass is 10.0. The van der Waals surface area contributed by atoms with Crippen LogP contribution in [0.2, 0.25) is 0 Å². The van der Waals surface area contributed by atoms with E-state index in [1.165, 1.54) is 37.9 Å². The van der Waals surface area contributed by atoms with Gasteiger partial charge in [-0.3, -0.25) is 9.69 Å². The van der Waals surface area contributed by atoms with E-state index in [0.29, 0.717) is 6.04 Å². The van der Waals surface area contributed by atoms with Crippen LogP contribution >= 0.6 is 0 Å². The molecule has 0 saturated carbocycles. The lowest BCUT2D eigenvalue weighted by molar-refractivity contribution is -0.132. The molecule has 0 aromatic carbocycles. The highest BCUT2D eigenvalue weighted by molar-refractivity contribution is 5.73. The number of carbonyl (C=O) groups excluding carboxylic acids is 1. The molecule has 2 fully saturated rings. The first-order valence-electron chi connectivity index (χ1n) is 10.2. The summed E-state index contributed by atoms with van der Waals surface area (Å²) in [6.07, 6.45) is 6.20. The zero-order chi connectivity index (χ0) is 18.5. The number of aromatic nitrogens is 1. The molecule has 1 aromatic rings. The molecule has 1 aromatic heterocycles.